The van der Waals surface area contributed by atoms with Gasteiger partial charge in [0.25, 0.3) is 5.91 Å². The van der Waals surface area contributed by atoms with Crippen LogP contribution in [0, 0.1) is 11.8 Å². The highest BCUT2D eigenvalue weighted by Crippen LogP contribution is 2.28. The van der Waals surface area contributed by atoms with E-state index >= 15 is 0 Å². The van der Waals surface area contributed by atoms with Gasteiger partial charge in [-0.15, -0.1) is 0 Å². The van der Waals surface area contributed by atoms with Crippen LogP contribution in [0.4, 0.5) is 10.6 Å². The Morgan fingerprint density at radius 2 is 1.80 bits per heavy atom. The molecule has 45 heavy (non-hydrogen) atoms. The quantitative estimate of drug-likeness (QED) is 0.320. The third-order valence-corrected chi connectivity index (χ3v) is 10.0. The Kier molecular flexibility index (Phi) is 12.5. The molecular weight excluding hydrogens is 602 g/mol. The average Bonchev–Trinajstić information content (AvgIpc) is 3.00. The van der Waals surface area contributed by atoms with E-state index in [-0.39, 0.29) is 80.2 Å². The number of nitrogens with one attached hydrogen (secondary N) is 1. The van der Waals surface area contributed by atoms with Crippen LogP contribution in [0.3, 0.4) is 0 Å². The minimum atomic E-state index is -3.36. The zero-order chi connectivity index (χ0) is 33.5. The van der Waals surface area contributed by atoms with Gasteiger partial charge in [0.1, 0.15) is 17.2 Å². The van der Waals surface area contributed by atoms with Gasteiger partial charge in [-0.05, 0) is 25.7 Å². The largest absolute Gasteiger partial charge is 0.465 e. The first-order chi connectivity index (χ1) is 21.1. The molecule has 1 aromatic heterocycles. The number of amides is 3. The van der Waals surface area contributed by atoms with Crippen LogP contribution in [0.15, 0.2) is 6.20 Å². The fourth-order valence-electron chi connectivity index (χ4n) is 5.66. The van der Waals surface area contributed by atoms with Crippen molar-refractivity contribution < 1.29 is 32.6 Å². The van der Waals surface area contributed by atoms with E-state index in [9.17, 15) is 27.9 Å². The first-order valence-electron chi connectivity index (χ1n) is 15.7. The number of piperidine rings is 1. The molecule has 2 aliphatic heterocycles. The highest BCUT2D eigenvalue weighted by atomic mass is 32.2. The van der Waals surface area contributed by atoms with E-state index in [1.54, 1.807) is 23.8 Å². The van der Waals surface area contributed by atoms with E-state index in [0.717, 1.165) is 0 Å². The summed E-state index contributed by atoms with van der Waals surface area (Å²) in [5, 5.41) is 13.3. The van der Waals surface area contributed by atoms with Gasteiger partial charge in [0, 0.05) is 77.7 Å². The summed E-state index contributed by atoms with van der Waals surface area (Å²) in [4.78, 5) is 54.0. The monoisotopic (exact) mass is 653 g/mol. The summed E-state index contributed by atoms with van der Waals surface area (Å²) in [7, 11) is -1.74. The summed E-state index contributed by atoms with van der Waals surface area (Å²) in [6.07, 6.45) is 1.36. The third-order valence-electron chi connectivity index (χ3n) is 8.13. The van der Waals surface area contributed by atoms with Crippen LogP contribution in [0.1, 0.15) is 70.6 Å². The molecule has 2 aliphatic rings. The Labute approximate surface area is 267 Å². The van der Waals surface area contributed by atoms with Crippen LogP contribution in [0.2, 0.25) is 0 Å². The number of hydrogen-bond acceptors (Lipinski definition) is 9. The molecule has 0 bridgehead atoms. The van der Waals surface area contributed by atoms with Gasteiger partial charge >= 0.3 is 6.09 Å². The molecule has 0 radical (unpaired) electrons. The number of rotatable bonds is 12. The molecule has 254 valence electrons. The number of carbonyl (C=O) groups is 3. The van der Waals surface area contributed by atoms with E-state index in [1.165, 1.54) is 15.4 Å². The van der Waals surface area contributed by atoms with E-state index in [4.69, 9.17) is 9.72 Å². The lowest BCUT2D eigenvalue weighted by Gasteiger charge is -2.43. The van der Waals surface area contributed by atoms with Crippen molar-refractivity contribution in [3.63, 3.8) is 0 Å². The van der Waals surface area contributed by atoms with Gasteiger partial charge in [-0.3, -0.25) is 9.59 Å². The maximum atomic E-state index is 14.3. The molecule has 0 unspecified atom stereocenters. The number of nitrogens with zero attached hydrogens (tertiary/aromatic N) is 6. The van der Waals surface area contributed by atoms with Crippen LogP contribution >= 0.6 is 0 Å². The minimum absolute atomic E-state index is 0.00704. The summed E-state index contributed by atoms with van der Waals surface area (Å²) in [5.41, 5.74) is -0.0718. The van der Waals surface area contributed by atoms with Crippen LogP contribution in [0.25, 0.3) is 0 Å². The summed E-state index contributed by atoms with van der Waals surface area (Å²) < 4.78 is 31.2. The molecule has 2 atom stereocenters. The zero-order valence-electron chi connectivity index (χ0n) is 27.8. The lowest BCUT2D eigenvalue weighted by molar-refractivity contribution is -0.139. The fraction of sp³-hybridized carbons (Fsp3) is 0.767. The molecule has 0 spiro atoms. The van der Waals surface area contributed by atoms with E-state index in [2.05, 4.69) is 10.3 Å². The number of carboxylic acid groups (broad SMARTS) is 1. The summed E-state index contributed by atoms with van der Waals surface area (Å²) in [5.74, 6) is -0.200. The Morgan fingerprint density at radius 3 is 2.36 bits per heavy atom. The lowest BCUT2D eigenvalue weighted by atomic mass is 9.91. The molecule has 0 aromatic carbocycles. The smallest absolute Gasteiger partial charge is 0.407 e. The number of anilines is 1. The standard InChI is InChI=1S/C30H51N7O7S/c1-8-45(42,43)36-13-11-34(12-14-36)26(38)22-16-23(20-35(19-22)29(40)41)37(18-21(2)3)27(39)24-17-32-28(30(4,5)6)33-25(24)31-10-9-15-44-7/h17,21-23H,8-16,18-20H2,1-7H3,(H,40,41)(H,31,32,33)/t22-,23+/m1/s1. The Bertz CT molecular complexity index is 1290. The first-order valence-corrected chi connectivity index (χ1v) is 17.4. The number of piperazine rings is 1. The van der Waals surface area contributed by atoms with Crippen LogP contribution in [-0.2, 0) is 25.0 Å². The van der Waals surface area contributed by atoms with Crippen molar-refractivity contribution in [2.24, 2.45) is 11.8 Å². The highest BCUT2D eigenvalue weighted by molar-refractivity contribution is 7.89. The molecule has 0 aliphatic carbocycles. The second-order valence-corrected chi connectivity index (χ2v) is 15.5. The Balaban J connectivity index is 1.90. The SMILES string of the molecule is CCS(=O)(=O)N1CCN(C(=O)[C@@H]2C[C@H](N(CC(C)C)C(=O)c3cnc(C(C)(C)C)nc3NCCCOC)CN(C(=O)O)C2)CC1. The lowest BCUT2D eigenvalue weighted by Crippen LogP contribution is -2.59. The molecule has 2 fully saturated rings. The zero-order valence-corrected chi connectivity index (χ0v) is 28.6. The van der Waals surface area contributed by atoms with Crippen LogP contribution in [0.5, 0.6) is 0 Å². The molecule has 15 heteroatoms. The maximum absolute atomic E-state index is 14.3. The van der Waals surface area contributed by atoms with E-state index < -0.39 is 28.1 Å². The van der Waals surface area contributed by atoms with Crippen LogP contribution < -0.4 is 5.32 Å². The number of ether oxygens (including phenoxy) is 1. The minimum Gasteiger partial charge on any atom is -0.465 e. The van der Waals surface area contributed by atoms with Crippen molar-refractivity contribution in [1.82, 2.24) is 29.0 Å². The molecule has 14 nitrogen and oxygen atoms in total. The Hall–Kier alpha value is -3.04. The van der Waals surface area contributed by atoms with Gasteiger partial charge in [-0.2, -0.15) is 4.31 Å². The second-order valence-electron chi connectivity index (χ2n) is 13.2. The van der Waals surface area contributed by atoms with Gasteiger partial charge in [0.05, 0.1) is 17.7 Å². The Morgan fingerprint density at radius 1 is 1.13 bits per heavy atom. The van der Waals surface area contributed by atoms with E-state index in [1.807, 2.05) is 34.6 Å². The van der Waals surface area contributed by atoms with Gasteiger partial charge in [-0.1, -0.05) is 34.6 Å². The normalized spacial score (nSPS) is 19.9. The van der Waals surface area contributed by atoms with Gasteiger partial charge < -0.3 is 29.9 Å². The van der Waals surface area contributed by atoms with Gasteiger partial charge in [0.2, 0.25) is 15.9 Å². The van der Waals surface area contributed by atoms with Crippen molar-refractivity contribution in [3.05, 3.63) is 17.6 Å². The van der Waals surface area contributed by atoms with E-state index in [0.29, 0.717) is 37.8 Å². The van der Waals surface area contributed by atoms with Crippen molar-refractivity contribution in [1.29, 1.82) is 0 Å². The van der Waals surface area contributed by atoms with Crippen molar-refractivity contribution in [2.75, 3.05) is 77.1 Å². The summed E-state index contributed by atoms with van der Waals surface area (Å²) in [6, 6.07) is -0.566. The molecule has 3 rings (SSSR count). The topological polar surface area (TPSA) is 166 Å². The molecule has 2 N–H and O–H groups in total. The molecular formula is C30H51N7O7S. The van der Waals surface area contributed by atoms with Crippen LogP contribution in [-0.4, -0.2) is 138 Å². The van der Waals surface area contributed by atoms with Gasteiger partial charge in [-0.25, -0.2) is 23.2 Å². The number of hydrogen-bond donors (Lipinski definition) is 2. The molecule has 3 amide bonds. The number of sulfonamides is 1. The third kappa shape index (κ3) is 9.49. The number of carbonyl (C=O) groups excluding carboxylic acids is 2. The number of methoxy groups -OCH3 is 1. The maximum Gasteiger partial charge on any atom is 0.407 e. The molecule has 3 heterocycles. The first kappa shape index (κ1) is 36.4. The van der Waals surface area contributed by atoms with Crippen molar-refractivity contribution >= 4 is 33.7 Å². The average molecular weight is 654 g/mol. The summed E-state index contributed by atoms with van der Waals surface area (Å²) in [6.45, 7) is 13.9. The predicted octanol–water partition coefficient (Wildman–Crippen LogP) is 2.18. The number of likely N-dealkylation sites (tertiary alicyclic amines) is 1. The highest BCUT2D eigenvalue weighted by Gasteiger charge is 2.41. The molecule has 0 saturated carbocycles. The predicted molar refractivity (Wildman–Crippen MR) is 171 cm³/mol. The summed E-state index contributed by atoms with van der Waals surface area (Å²) >= 11 is 0. The van der Waals surface area contributed by atoms with Crippen molar-refractivity contribution in [3.8, 4) is 0 Å². The fourth-order valence-corrected chi connectivity index (χ4v) is 6.75. The number of aromatic nitrogens is 2. The second kappa shape index (κ2) is 15.5. The molecule has 1 aromatic rings. The van der Waals surface area contributed by atoms with Crippen molar-refractivity contribution in [2.45, 2.75) is 65.8 Å². The van der Waals surface area contributed by atoms with Gasteiger partial charge in [0.15, 0.2) is 0 Å². The molecule has 2 saturated heterocycles.